The lowest BCUT2D eigenvalue weighted by Crippen LogP contribution is -2.35. The van der Waals surface area contributed by atoms with Crippen LogP contribution in [-0.2, 0) is 4.74 Å². The number of halogens is 1. The van der Waals surface area contributed by atoms with E-state index in [1.807, 2.05) is 17.9 Å². The third-order valence-electron chi connectivity index (χ3n) is 4.45. The standard InChI is InChI=1S/C19H22BrN3O4/c1-3-26-19(25)14-5-6-16(21-12-14)22-7-4-8-23(10-9-22)18(24)17-13(2)11-15(20)27-17/h5-6,11-12H,3-4,7-10H2,1-2H3. The minimum Gasteiger partial charge on any atom is -0.462 e. The summed E-state index contributed by atoms with van der Waals surface area (Å²) in [5, 5.41) is 0. The van der Waals surface area contributed by atoms with Gasteiger partial charge < -0.3 is 19.0 Å². The Morgan fingerprint density at radius 2 is 2.07 bits per heavy atom. The number of amides is 1. The number of carbonyl (C=O) groups is 2. The first-order valence-corrected chi connectivity index (χ1v) is 9.72. The fourth-order valence-electron chi connectivity index (χ4n) is 3.06. The molecule has 7 nitrogen and oxygen atoms in total. The van der Waals surface area contributed by atoms with Crippen molar-refractivity contribution in [2.75, 3.05) is 37.7 Å². The number of hydrogen-bond donors (Lipinski definition) is 0. The zero-order valence-corrected chi connectivity index (χ0v) is 17.0. The molecule has 1 fully saturated rings. The van der Waals surface area contributed by atoms with Crippen LogP contribution in [0.25, 0.3) is 0 Å². The fraction of sp³-hybridized carbons (Fsp3) is 0.421. The van der Waals surface area contributed by atoms with Crippen LogP contribution in [0, 0.1) is 6.92 Å². The molecule has 27 heavy (non-hydrogen) atoms. The van der Waals surface area contributed by atoms with Crippen molar-refractivity contribution in [1.82, 2.24) is 9.88 Å². The van der Waals surface area contributed by atoms with Crippen LogP contribution in [0.4, 0.5) is 5.82 Å². The lowest BCUT2D eigenvalue weighted by molar-refractivity contribution is 0.0525. The summed E-state index contributed by atoms with van der Waals surface area (Å²) >= 11 is 3.27. The summed E-state index contributed by atoms with van der Waals surface area (Å²) in [6, 6.07) is 5.34. The molecule has 1 amide bonds. The van der Waals surface area contributed by atoms with E-state index in [4.69, 9.17) is 9.15 Å². The monoisotopic (exact) mass is 435 g/mol. The fourth-order valence-corrected chi connectivity index (χ4v) is 3.56. The number of aromatic nitrogens is 1. The molecule has 144 valence electrons. The van der Waals surface area contributed by atoms with Crippen LogP contribution < -0.4 is 4.90 Å². The number of nitrogens with zero attached hydrogens (tertiary/aromatic N) is 3. The molecule has 3 heterocycles. The molecule has 0 radical (unpaired) electrons. The van der Waals surface area contributed by atoms with E-state index >= 15 is 0 Å². The first-order valence-electron chi connectivity index (χ1n) is 8.93. The van der Waals surface area contributed by atoms with Crippen molar-refractivity contribution in [2.45, 2.75) is 20.3 Å². The summed E-state index contributed by atoms with van der Waals surface area (Å²) in [6.45, 7) is 6.66. The highest BCUT2D eigenvalue weighted by molar-refractivity contribution is 9.10. The number of esters is 1. The zero-order chi connectivity index (χ0) is 19.4. The number of anilines is 1. The van der Waals surface area contributed by atoms with Crippen LogP contribution in [0.15, 0.2) is 33.5 Å². The van der Waals surface area contributed by atoms with Gasteiger partial charge in [0.1, 0.15) is 5.82 Å². The van der Waals surface area contributed by atoms with Crippen LogP contribution in [0.5, 0.6) is 0 Å². The summed E-state index contributed by atoms with van der Waals surface area (Å²) in [5.41, 5.74) is 1.26. The molecule has 1 saturated heterocycles. The van der Waals surface area contributed by atoms with Gasteiger partial charge in [-0.15, -0.1) is 0 Å². The van der Waals surface area contributed by atoms with E-state index in [-0.39, 0.29) is 11.9 Å². The summed E-state index contributed by atoms with van der Waals surface area (Å²) in [7, 11) is 0. The van der Waals surface area contributed by atoms with Gasteiger partial charge in [-0.05, 0) is 54.4 Å². The largest absolute Gasteiger partial charge is 0.462 e. The van der Waals surface area contributed by atoms with Crippen molar-refractivity contribution in [2.24, 2.45) is 0 Å². The van der Waals surface area contributed by atoms with Gasteiger partial charge in [0.2, 0.25) is 0 Å². The predicted octanol–water partition coefficient (Wildman–Crippen LogP) is 3.27. The second-order valence-corrected chi connectivity index (χ2v) is 7.10. The quantitative estimate of drug-likeness (QED) is 0.685. The van der Waals surface area contributed by atoms with Crippen LogP contribution in [-0.4, -0.2) is 54.5 Å². The first-order chi connectivity index (χ1) is 13.0. The molecule has 1 aliphatic rings. The maximum atomic E-state index is 12.7. The van der Waals surface area contributed by atoms with Crippen molar-refractivity contribution in [1.29, 1.82) is 0 Å². The highest BCUT2D eigenvalue weighted by Crippen LogP contribution is 2.22. The predicted molar refractivity (Wildman–Crippen MR) is 104 cm³/mol. The molecule has 3 rings (SSSR count). The Hall–Kier alpha value is -2.35. The molecule has 0 saturated carbocycles. The van der Waals surface area contributed by atoms with Crippen molar-refractivity contribution in [3.8, 4) is 0 Å². The Kier molecular flexibility index (Phi) is 6.15. The molecule has 0 aromatic carbocycles. The molecular weight excluding hydrogens is 414 g/mol. The maximum Gasteiger partial charge on any atom is 0.339 e. The molecule has 8 heteroatoms. The zero-order valence-electron chi connectivity index (χ0n) is 15.4. The average Bonchev–Trinajstić information content (AvgIpc) is 2.86. The minimum absolute atomic E-state index is 0.0920. The number of aryl methyl sites for hydroxylation is 1. The summed E-state index contributed by atoms with van der Waals surface area (Å²) < 4.78 is 11.0. The molecule has 1 aliphatic heterocycles. The molecule has 0 spiro atoms. The normalized spacial score (nSPS) is 14.8. The van der Waals surface area contributed by atoms with Gasteiger partial charge in [0.05, 0.1) is 12.2 Å². The third-order valence-corrected chi connectivity index (χ3v) is 4.84. The molecule has 0 atom stereocenters. The topological polar surface area (TPSA) is 75.9 Å². The van der Waals surface area contributed by atoms with Gasteiger partial charge in [-0.25, -0.2) is 9.78 Å². The molecule has 0 bridgehead atoms. The molecular formula is C19H22BrN3O4. The molecule has 2 aromatic heterocycles. The van der Waals surface area contributed by atoms with E-state index in [9.17, 15) is 9.59 Å². The Morgan fingerprint density at radius 1 is 1.26 bits per heavy atom. The van der Waals surface area contributed by atoms with E-state index in [1.165, 1.54) is 6.20 Å². The van der Waals surface area contributed by atoms with Crippen molar-refractivity contribution < 1.29 is 18.7 Å². The summed E-state index contributed by atoms with van der Waals surface area (Å²) in [5.74, 6) is 0.705. The van der Waals surface area contributed by atoms with Gasteiger partial charge in [-0.1, -0.05) is 0 Å². The average molecular weight is 436 g/mol. The van der Waals surface area contributed by atoms with E-state index in [0.29, 0.717) is 42.2 Å². The Bertz CT molecular complexity index is 819. The number of furan rings is 1. The van der Waals surface area contributed by atoms with Crippen molar-refractivity contribution >= 4 is 33.6 Å². The van der Waals surface area contributed by atoms with Gasteiger partial charge in [-0.2, -0.15) is 0 Å². The molecule has 2 aromatic rings. The molecule has 0 N–H and O–H groups in total. The lowest BCUT2D eigenvalue weighted by atomic mass is 10.2. The first kappa shape index (κ1) is 19.4. The Labute approximate surface area is 166 Å². The Morgan fingerprint density at radius 3 is 2.70 bits per heavy atom. The SMILES string of the molecule is CCOC(=O)c1ccc(N2CCCN(C(=O)c3oc(Br)cc3C)CC2)nc1. The van der Waals surface area contributed by atoms with Gasteiger partial charge in [0, 0.05) is 37.9 Å². The second-order valence-electron chi connectivity index (χ2n) is 6.32. The van der Waals surface area contributed by atoms with E-state index < -0.39 is 0 Å². The van der Waals surface area contributed by atoms with Gasteiger partial charge in [-0.3, -0.25) is 4.79 Å². The van der Waals surface area contributed by atoms with Crippen molar-refractivity contribution in [3.63, 3.8) is 0 Å². The van der Waals surface area contributed by atoms with E-state index in [2.05, 4.69) is 25.8 Å². The number of hydrogen-bond acceptors (Lipinski definition) is 6. The summed E-state index contributed by atoms with van der Waals surface area (Å²) in [4.78, 5) is 32.8. The van der Waals surface area contributed by atoms with E-state index in [0.717, 1.165) is 24.3 Å². The second kappa shape index (κ2) is 8.56. The van der Waals surface area contributed by atoms with E-state index in [1.54, 1.807) is 19.1 Å². The van der Waals surface area contributed by atoms with Gasteiger partial charge in [0.15, 0.2) is 10.4 Å². The number of pyridine rings is 1. The number of carbonyl (C=O) groups excluding carboxylic acids is 2. The third kappa shape index (κ3) is 4.50. The smallest absolute Gasteiger partial charge is 0.339 e. The maximum absolute atomic E-state index is 12.7. The Balaban J connectivity index is 1.65. The number of ether oxygens (including phenoxy) is 1. The van der Waals surface area contributed by atoms with Gasteiger partial charge in [0.25, 0.3) is 5.91 Å². The van der Waals surface area contributed by atoms with Crippen LogP contribution in [0.3, 0.4) is 0 Å². The lowest BCUT2D eigenvalue weighted by Gasteiger charge is -2.22. The summed E-state index contributed by atoms with van der Waals surface area (Å²) in [6.07, 6.45) is 2.36. The van der Waals surface area contributed by atoms with Crippen LogP contribution in [0.1, 0.15) is 39.8 Å². The van der Waals surface area contributed by atoms with Crippen LogP contribution in [0.2, 0.25) is 0 Å². The highest BCUT2D eigenvalue weighted by atomic mass is 79.9. The highest BCUT2D eigenvalue weighted by Gasteiger charge is 2.25. The molecule has 0 unspecified atom stereocenters. The minimum atomic E-state index is -0.371. The number of rotatable bonds is 4. The van der Waals surface area contributed by atoms with Crippen molar-refractivity contribution in [3.05, 3.63) is 46.0 Å². The molecule has 0 aliphatic carbocycles. The van der Waals surface area contributed by atoms with Gasteiger partial charge >= 0.3 is 5.97 Å². The van der Waals surface area contributed by atoms with Crippen LogP contribution >= 0.6 is 15.9 Å².